The van der Waals surface area contributed by atoms with Crippen LogP contribution in [0, 0.1) is 11.3 Å². The molecule has 1 amide bonds. The molecule has 1 N–H and O–H groups in total. The SMILES string of the molecule is CCN(CC)S(=O)(=O)c1ccc(N2CCOCC2)c(C(=O)Nc2ccc(C(C)(C)C#N)cc2)c1. The molecular formula is C25H32N4O4S. The molecule has 2 aromatic rings. The molecule has 1 saturated heterocycles. The average molecular weight is 485 g/mol. The highest BCUT2D eigenvalue weighted by Gasteiger charge is 2.26. The number of morpholine rings is 1. The second-order valence-electron chi connectivity index (χ2n) is 8.64. The molecule has 3 rings (SSSR count). The number of hydrogen-bond acceptors (Lipinski definition) is 6. The summed E-state index contributed by atoms with van der Waals surface area (Å²) in [5.41, 5.74) is 1.72. The molecule has 182 valence electrons. The van der Waals surface area contributed by atoms with Crippen molar-refractivity contribution in [2.45, 2.75) is 38.0 Å². The molecule has 0 unspecified atom stereocenters. The first-order chi connectivity index (χ1) is 16.1. The number of anilines is 2. The van der Waals surface area contributed by atoms with Crippen molar-refractivity contribution in [3.05, 3.63) is 53.6 Å². The standard InChI is InChI=1S/C25H32N4O4S/c1-5-29(6-2)34(31,32)21-11-12-23(28-13-15-33-16-14-28)22(17-21)24(30)27-20-9-7-19(8-10-20)25(3,4)18-26/h7-12,17H,5-6,13-16H2,1-4H3,(H,27,30). The van der Waals surface area contributed by atoms with Gasteiger partial charge in [0.1, 0.15) is 0 Å². The number of ether oxygens (including phenoxy) is 1. The fourth-order valence-corrected chi connectivity index (χ4v) is 5.37. The number of carbonyl (C=O) groups is 1. The van der Waals surface area contributed by atoms with Crippen LogP contribution >= 0.6 is 0 Å². The van der Waals surface area contributed by atoms with Crippen molar-refractivity contribution in [1.82, 2.24) is 4.31 Å². The zero-order valence-corrected chi connectivity index (χ0v) is 21.0. The molecule has 8 nitrogen and oxygen atoms in total. The zero-order chi connectivity index (χ0) is 24.9. The molecule has 1 heterocycles. The number of nitriles is 1. The quantitative estimate of drug-likeness (QED) is 0.614. The van der Waals surface area contributed by atoms with Gasteiger partial charge in [0.2, 0.25) is 10.0 Å². The maximum atomic E-state index is 13.4. The lowest BCUT2D eigenvalue weighted by Gasteiger charge is -2.30. The van der Waals surface area contributed by atoms with Gasteiger partial charge in [0.15, 0.2) is 0 Å². The van der Waals surface area contributed by atoms with Gasteiger partial charge < -0.3 is 15.0 Å². The lowest BCUT2D eigenvalue weighted by molar-refractivity contribution is 0.102. The average Bonchev–Trinajstić information content (AvgIpc) is 2.85. The Hall–Kier alpha value is -2.93. The third-order valence-corrected chi connectivity index (χ3v) is 8.10. The zero-order valence-electron chi connectivity index (χ0n) is 20.2. The van der Waals surface area contributed by atoms with Crippen molar-refractivity contribution >= 4 is 27.3 Å². The third kappa shape index (κ3) is 5.41. The topological polar surface area (TPSA) is 103 Å². The Bertz CT molecular complexity index is 1160. The Morgan fingerprint density at radius 2 is 1.74 bits per heavy atom. The van der Waals surface area contributed by atoms with Crippen LogP contribution in [-0.2, 0) is 20.2 Å². The lowest BCUT2D eigenvalue weighted by atomic mass is 9.86. The number of rotatable bonds is 8. The van der Waals surface area contributed by atoms with Crippen LogP contribution in [0.3, 0.4) is 0 Å². The molecule has 0 bridgehead atoms. The number of sulfonamides is 1. The van der Waals surface area contributed by atoms with E-state index < -0.39 is 21.3 Å². The van der Waals surface area contributed by atoms with Gasteiger partial charge in [0.25, 0.3) is 5.91 Å². The molecule has 1 aliphatic heterocycles. The van der Waals surface area contributed by atoms with Gasteiger partial charge in [-0.05, 0) is 49.7 Å². The van der Waals surface area contributed by atoms with E-state index in [1.807, 2.05) is 30.9 Å². The van der Waals surface area contributed by atoms with Crippen LogP contribution < -0.4 is 10.2 Å². The minimum atomic E-state index is -3.72. The second kappa shape index (κ2) is 10.6. The summed E-state index contributed by atoms with van der Waals surface area (Å²) in [5.74, 6) is -0.398. The molecule has 1 fully saturated rings. The van der Waals surface area contributed by atoms with Crippen LogP contribution in [0.25, 0.3) is 0 Å². The summed E-state index contributed by atoms with van der Waals surface area (Å²) >= 11 is 0. The first-order valence-electron chi connectivity index (χ1n) is 11.4. The van der Waals surface area contributed by atoms with Crippen LogP contribution in [0.4, 0.5) is 11.4 Å². The largest absolute Gasteiger partial charge is 0.378 e. The summed E-state index contributed by atoms with van der Waals surface area (Å²) < 4.78 is 33.0. The van der Waals surface area contributed by atoms with Gasteiger partial charge in [0, 0.05) is 37.6 Å². The minimum Gasteiger partial charge on any atom is -0.378 e. The first-order valence-corrected chi connectivity index (χ1v) is 12.9. The Morgan fingerprint density at radius 3 is 2.29 bits per heavy atom. The summed E-state index contributed by atoms with van der Waals surface area (Å²) in [7, 11) is -3.72. The molecule has 0 radical (unpaired) electrons. The molecular weight excluding hydrogens is 452 g/mol. The highest BCUT2D eigenvalue weighted by atomic mass is 32.2. The Balaban J connectivity index is 1.98. The van der Waals surface area contributed by atoms with E-state index in [1.165, 1.54) is 10.4 Å². The van der Waals surface area contributed by atoms with E-state index in [1.54, 1.807) is 38.1 Å². The van der Waals surface area contributed by atoms with E-state index in [0.29, 0.717) is 50.8 Å². The summed E-state index contributed by atoms with van der Waals surface area (Å²) in [5, 5.41) is 12.2. The molecule has 0 atom stereocenters. The Labute approximate surface area is 202 Å². The van der Waals surface area contributed by atoms with E-state index in [-0.39, 0.29) is 10.5 Å². The van der Waals surface area contributed by atoms with Crippen LogP contribution in [0.15, 0.2) is 47.4 Å². The normalized spacial score (nSPS) is 14.6. The molecule has 0 aromatic heterocycles. The molecule has 2 aromatic carbocycles. The van der Waals surface area contributed by atoms with Crippen molar-refractivity contribution in [1.29, 1.82) is 5.26 Å². The van der Waals surface area contributed by atoms with Crippen LogP contribution in [0.5, 0.6) is 0 Å². The summed E-state index contributed by atoms with van der Waals surface area (Å²) in [6.45, 7) is 10.2. The number of nitrogens with one attached hydrogen (secondary N) is 1. The summed E-state index contributed by atoms with van der Waals surface area (Å²) in [6, 6.07) is 14.1. The van der Waals surface area contributed by atoms with Crippen molar-refractivity contribution in [3.8, 4) is 6.07 Å². The minimum absolute atomic E-state index is 0.0875. The predicted octanol–water partition coefficient (Wildman–Crippen LogP) is 3.61. The van der Waals surface area contributed by atoms with E-state index >= 15 is 0 Å². The van der Waals surface area contributed by atoms with Crippen molar-refractivity contribution in [2.75, 3.05) is 49.6 Å². The van der Waals surface area contributed by atoms with E-state index in [0.717, 1.165) is 5.56 Å². The summed E-state index contributed by atoms with van der Waals surface area (Å²) in [6.07, 6.45) is 0. The number of benzene rings is 2. The maximum absolute atomic E-state index is 13.4. The molecule has 0 aliphatic carbocycles. The maximum Gasteiger partial charge on any atom is 0.257 e. The highest BCUT2D eigenvalue weighted by Crippen LogP contribution is 2.28. The number of amides is 1. The first kappa shape index (κ1) is 25.7. The lowest BCUT2D eigenvalue weighted by Crippen LogP contribution is -2.37. The van der Waals surface area contributed by atoms with Crippen molar-refractivity contribution in [3.63, 3.8) is 0 Å². The van der Waals surface area contributed by atoms with Gasteiger partial charge in [-0.25, -0.2) is 8.42 Å². The Kier molecular flexibility index (Phi) is 7.97. The van der Waals surface area contributed by atoms with Crippen LogP contribution in [0.2, 0.25) is 0 Å². The predicted molar refractivity (Wildman–Crippen MR) is 133 cm³/mol. The second-order valence-corrected chi connectivity index (χ2v) is 10.6. The summed E-state index contributed by atoms with van der Waals surface area (Å²) in [4.78, 5) is 15.5. The number of nitrogens with zero attached hydrogens (tertiary/aromatic N) is 3. The van der Waals surface area contributed by atoms with Gasteiger partial charge in [-0.1, -0.05) is 26.0 Å². The van der Waals surface area contributed by atoms with Crippen molar-refractivity contribution < 1.29 is 17.9 Å². The smallest absolute Gasteiger partial charge is 0.257 e. The van der Waals surface area contributed by atoms with Gasteiger partial charge >= 0.3 is 0 Å². The van der Waals surface area contributed by atoms with Crippen LogP contribution in [0.1, 0.15) is 43.6 Å². The molecule has 0 saturated carbocycles. The van der Waals surface area contributed by atoms with E-state index in [4.69, 9.17) is 4.74 Å². The van der Waals surface area contributed by atoms with Crippen molar-refractivity contribution in [2.24, 2.45) is 0 Å². The number of carbonyl (C=O) groups excluding carboxylic acids is 1. The molecule has 1 aliphatic rings. The molecule has 0 spiro atoms. The molecule has 34 heavy (non-hydrogen) atoms. The van der Waals surface area contributed by atoms with E-state index in [2.05, 4.69) is 11.4 Å². The van der Waals surface area contributed by atoms with Gasteiger partial charge in [0.05, 0.1) is 35.2 Å². The van der Waals surface area contributed by atoms with Gasteiger partial charge in [-0.3, -0.25) is 4.79 Å². The van der Waals surface area contributed by atoms with Gasteiger partial charge in [-0.15, -0.1) is 0 Å². The monoisotopic (exact) mass is 484 g/mol. The fraction of sp³-hybridized carbons (Fsp3) is 0.440. The Morgan fingerprint density at radius 1 is 1.12 bits per heavy atom. The molecule has 9 heteroatoms. The fourth-order valence-electron chi connectivity index (χ4n) is 3.88. The highest BCUT2D eigenvalue weighted by molar-refractivity contribution is 7.89. The van der Waals surface area contributed by atoms with Gasteiger partial charge in [-0.2, -0.15) is 9.57 Å². The number of hydrogen-bond donors (Lipinski definition) is 1. The van der Waals surface area contributed by atoms with E-state index in [9.17, 15) is 18.5 Å². The van der Waals surface area contributed by atoms with Crippen LogP contribution in [-0.4, -0.2) is 58.0 Å². The third-order valence-electron chi connectivity index (χ3n) is 6.05.